The summed E-state index contributed by atoms with van der Waals surface area (Å²) in [5.41, 5.74) is 0. The minimum absolute atomic E-state index is 0.0275. The molecule has 0 saturated carbocycles. The van der Waals surface area contributed by atoms with Gasteiger partial charge in [0.1, 0.15) is 33.3 Å². The Balaban J connectivity index is 1.57. The largest absolute Gasteiger partial charge is 0.492 e. The lowest BCUT2D eigenvalue weighted by molar-refractivity contribution is 0.232. The molecule has 0 amide bonds. The van der Waals surface area contributed by atoms with Crippen molar-refractivity contribution >= 4 is 31.2 Å². The van der Waals surface area contributed by atoms with Crippen LogP contribution in [0.2, 0.25) is 0 Å². The normalized spacial score (nSPS) is 17.0. The Labute approximate surface area is 195 Å². The van der Waals surface area contributed by atoms with Gasteiger partial charge in [-0.2, -0.15) is 9.57 Å². The molecule has 0 radical (unpaired) electrons. The fourth-order valence-electron chi connectivity index (χ4n) is 3.59. The van der Waals surface area contributed by atoms with Crippen molar-refractivity contribution in [3.8, 4) is 11.8 Å². The molecule has 11 heteroatoms. The van der Waals surface area contributed by atoms with E-state index in [4.69, 9.17) is 10.00 Å². The van der Waals surface area contributed by atoms with Gasteiger partial charge in [-0.3, -0.25) is 0 Å². The van der Waals surface area contributed by atoms with Crippen LogP contribution in [0.3, 0.4) is 0 Å². The molecule has 172 valence electrons. The Hall–Kier alpha value is -2.78. The van der Waals surface area contributed by atoms with Crippen molar-refractivity contribution in [3.05, 3.63) is 71.4 Å². The molecule has 0 N–H and O–H groups in total. The fourth-order valence-corrected chi connectivity index (χ4v) is 7.94. The first-order chi connectivity index (χ1) is 15.7. The first kappa shape index (κ1) is 23.4. The van der Waals surface area contributed by atoms with Gasteiger partial charge in [-0.1, -0.05) is 6.07 Å². The summed E-state index contributed by atoms with van der Waals surface area (Å²) >= 11 is 0.830. The number of sulfonamides is 1. The summed E-state index contributed by atoms with van der Waals surface area (Å²) in [5, 5.41) is 8.97. The third kappa shape index (κ3) is 4.79. The van der Waals surface area contributed by atoms with E-state index < -0.39 is 31.7 Å². The van der Waals surface area contributed by atoms with Crippen LogP contribution in [0.1, 0.15) is 17.7 Å². The van der Waals surface area contributed by atoms with Crippen molar-refractivity contribution in [2.45, 2.75) is 32.9 Å². The highest BCUT2D eigenvalue weighted by Crippen LogP contribution is 2.31. The van der Waals surface area contributed by atoms with E-state index in [1.807, 2.05) is 6.07 Å². The predicted molar refractivity (Wildman–Crippen MR) is 120 cm³/mol. The minimum Gasteiger partial charge on any atom is -0.492 e. The van der Waals surface area contributed by atoms with E-state index >= 15 is 0 Å². The summed E-state index contributed by atoms with van der Waals surface area (Å²) in [4.78, 5) is -0.0408. The number of nitriles is 1. The van der Waals surface area contributed by atoms with Crippen molar-refractivity contribution in [2.75, 3.05) is 13.2 Å². The van der Waals surface area contributed by atoms with Gasteiger partial charge in [-0.25, -0.2) is 21.2 Å². The molecule has 1 saturated heterocycles. The molecule has 0 bridgehead atoms. The van der Waals surface area contributed by atoms with Gasteiger partial charge < -0.3 is 4.74 Å². The number of rotatable bonds is 7. The van der Waals surface area contributed by atoms with E-state index in [9.17, 15) is 21.2 Å². The lowest BCUT2D eigenvalue weighted by Crippen LogP contribution is -2.39. The molecule has 1 unspecified atom stereocenters. The summed E-state index contributed by atoms with van der Waals surface area (Å²) in [6, 6.07) is 14.9. The molecular formula is C22H19FN2O5S3. The van der Waals surface area contributed by atoms with Gasteiger partial charge in [0, 0.05) is 6.54 Å². The Bertz CT molecular complexity index is 1410. The molecule has 3 aromatic rings. The van der Waals surface area contributed by atoms with Crippen LogP contribution < -0.4 is 4.74 Å². The summed E-state index contributed by atoms with van der Waals surface area (Å²) in [6.45, 7) is 0.377. The number of ether oxygens (including phenoxy) is 1. The molecule has 1 aromatic heterocycles. The van der Waals surface area contributed by atoms with E-state index in [2.05, 4.69) is 0 Å². The number of benzene rings is 2. The Morgan fingerprint density at radius 2 is 1.79 bits per heavy atom. The minimum atomic E-state index is -3.98. The standard InChI is InChI=1S/C22H19FN2O5S3/c23-16-6-8-18(9-7-16)30-15-17-3-2-12-25(17)33(28,29)21-5-1-4-20(13-21)32(26,27)22-11-10-19(14-24)31-22/h1,4-11,13,17H,2-3,12,15H2. The fraction of sp³-hybridized carbons (Fsp3) is 0.227. The SMILES string of the molecule is N#Cc1ccc(S(=O)(=O)c2cccc(S(=O)(=O)N3CCCC3COc3ccc(F)cc3)c2)s1. The zero-order valence-electron chi connectivity index (χ0n) is 17.2. The Morgan fingerprint density at radius 1 is 1.06 bits per heavy atom. The molecule has 0 aliphatic carbocycles. The van der Waals surface area contributed by atoms with Crippen LogP contribution in [-0.2, 0) is 19.9 Å². The zero-order chi connectivity index (χ0) is 23.6. The molecule has 2 heterocycles. The topological polar surface area (TPSA) is 105 Å². The predicted octanol–water partition coefficient (Wildman–Crippen LogP) is 3.82. The van der Waals surface area contributed by atoms with Crippen molar-refractivity contribution in [1.82, 2.24) is 4.31 Å². The van der Waals surface area contributed by atoms with Crippen LogP contribution >= 0.6 is 11.3 Å². The van der Waals surface area contributed by atoms with Gasteiger partial charge in [-0.05, 0) is 67.4 Å². The highest BCUT2D eigenvalue weighted by atomic mass is 32.2. The van der Waals surface area contributed by atoms with Crippen LogP contribution in [0.4, 0.5) is 4.39 Å². The van der Waals surface area contributed by atoms with E-state index in [-0.39, 0.29) is 32.0 Å². The third-order valence-corrected chi connectivity index (χ3v) is 10.4. The highest BCUT2D eigenvalue weighted by Gasteiger charge is 2.36. The molecular weight excluding hydrogens is 487 g/mol. The first-order valence-corrected chi connectivity index (χ1v) is 13.7. The quantitative estimate of drug-likeness (QED) is 0.482. The van der Waals surface area contributed by atoms with E-state index in [0.29, 0.717) is 18.6 Å². The summed E-state index contributed by atoms with van der Waals surface area (Å²) in [6.07, 6.45) is 1.23. The average Bonchev–Trinajstić information content (AvgIpc) is 3.49. The molecule has 7 nitrogen and oxygen atoms in total. The van der Waals surface area contributed by atoms with Gasteiger partial charge in [-0.15, -0.1) is 11.3 Å². The van der Waals surface area contributed by atoms with Crippen LogP contribution in [0.25, 0.3) is 0 Å². The molecule has 2 aromatic carbocycles. The lowest BCUT2D eigenvalue weighted by atomic mass is 10.2. The number of halogens is 1. The van der Waals surface area contributed by atoms with Crippen molar-refractivity contribution in [3.63, 3.8) is 0 Å². The number of nitrogens with zero attached hydrogens (tertiary/aromatic N) is 2. The van der Waals surface area contributed by atoms with Gasteiger partial charge >= 0.3 is 0 Å². The van der Waals surface area contributed by atoms with Crippen LogP contribution in [0.5, 0.6) is 5.75 Å². The van der Waals surface area contributed by atoms with Crippen molar-refractivity contribution in [2.24, 2.45) is 0 Å². The van der Waals surface area contributed by atoms with E-state index in [1.54, 1.807) is 0 Å². The van der Waals surface area contributed by atoms with Gasteiger partial charge in [0.05, 0.1) is 15.8 Å². The molecule has 0 spiro atoms. The molecule has 1 aliphatic heterocycles. The molecule has 1 atom stereocenters. The summed E-state index contributed by atoms with van der Waals surface area (Å²) in [5.74, 6) is 0.0371. The lowest BCUT2D eigenvalue weighted by Gasteiger charge is -2.24. The van der Waals surface area contributed by atoms with Gasteiger partial charge in [0.25, 0.3) is 0 Å². The first-order valence-electron chi connectivity index (χ1n) is 9.97. The second kappa shape index (κ2) is 9.23. The van der Waals surface area contributed by atoms with Crippen LogP contribution in [0.15, 0.2) is 74.7 Å². The molecule has 1 aliphatic rings. The third-order valence-electron chi connectivity index (χ3n) is 5.26. The average molecular weight is 507 g/mol. The molecule has 1 fully saturated rings. The maximum atomic E-state index is 13.4. The van der Waals surface area contributed by atoms with E-state index in [1.165, 1.54) is 58.9 Å². The van der Waals surface area contributed by atoms with Crippen LogP contribution in [0, 0.1) is 17.1 Å². The Morgan fingerprint density at radius 3 is 2.48 bits per heavy atom. The number of sulfone groups is 1. The Kier molecular flexibility index (Phi) is 6.54. The van der Waals surface area contributed by atoms with Gasteiger partial charge in [0.15, 0.2) is 0 Å². The second-order valence-corrected chi connectivity index (χ2v) is 12.5. The highest BCUT2D eigenvalue weighted by molar-refractivity contribution is 7.93. The maximum absolute atomic E-state index is 13.4. The van der Waals surface area contributed by atoms with Crippen LogP contribution in [-0.4, -0.2) is 40.3 Å². The van der Waals surface area contributed by atoms with E-state index in [0.717, 1.165) is 17.4 Å². The van der Waals surface area contributed by atoms with Crippen molar-refractivity contribution < 1.29 is 26.0 Å². The molecule has 4 rings (SSSR count). The summed E-state index contributed by atoms with van der Waals surface area (Å²) < 4.78 is 72.7. The number of hydrogen-bond donors (Lipinski definition) is 0. The van der Waals surface area contributed by atoms with Gasteiger partial charge in [0.2, 0.25) is 19.9 Å². The summed E-state index contributed by atoms with van der Waals surface area (Å²) in [7, 11) is -7.95. The van der Waals surface area contributed by atoms with Crippen molar-refractivity contribution in [1.29, 1.82) is 5.26 Å². The number of thiophene rings is 1. The zero-order valence-corrected chi connectivity index (χ0v) is 19.7. The maximum Gasteiger partial charge on any atom is 0.243 e. The molecule has 33 heavy (non-hydrogen) atoms. The second-order valence-electron chi connectivity index (χ2n) is 7.39. The number of hydrogen-bond acceptors (Lipinski definition) is 7. The monoisotopic (exact) mass is 506 g/mol. The smallest absolute Gasteiger partial charge is 0.243 e.